The summed E-state index contributed by atoms with van der Waals surface area (Å²) in [5.74, 6) is -3.32. The molecule has 7 N–H and O–H groups in total. The predicted octanol–water partition coefficient (Wildman–Crippen LogP) is 9.79. The lowest BCUT2D eigenvalue weighted by atomic mass is 9.98. The van der Waals surface area contributed by atoms with E-state index in [0.717, 1.165) is 28.5 Å². The van der Waals surface area contributed by atoms with Gasteiger partial charge in [0.2, 0.25) is 11.8 Å². The number of fused-ring (bicyclic) bond motifs is 3. The van der Waals surface area contributed by atoms with Crippen LogP contribution in [0, 0.1) is 11.6 Å². The maximum atomic E-state index is 15.3. The molecular formula is C78H87F6N13O12S2. The molecule has 0 bridgehead atoms. The van der Waals surface area contributed by atoms with Gasteiger partial charge in [0.25, 0.3) is 18.6 Å². The Bertz CT molecular complexity index is 4230. The molecule has 0 aromatic heterocycles. The number of piperidine rings is 1. The number of carbonyl (C=O) groups excluding carboxylic acids is 9. The maximum Gasteiger partial charge on any atom is 0.414 e. The molecule has 590 valence electrons. The zero-order chi connectivity index (χ0) is 78.9. The van der Waals surface area contributed by atoms with Crippen molar-refractivity contribution < 1.29 is 83.7 Å². The van der Waals surface area contributed by atoms with Crippen LogP contribution >= 0.6 is 24.4 Å². The van der Waals surface area contributed by atoms with E-state index in [2.05, 4.69) is 62.1 Å². The van der Waals surface area contributed by atoms with Crippen LogP contribution in [0.5, 0.6) is 0 Å². The number of anilines is 6. The molecule has 5 fully saturated rings. The van der Waals surface area contributed by atoms with Crippen LogP contribution in [0.15, 0.2) is 133 Å². The number of esters is 1. The zero-order valence-electron chi connectivity index (χ0n) is 60.7. The van der Waals surface area contributed by atoms with E-state index in [4.69, 9.17) is 14.2 Å². The highest BCUT2D eigenvalue weighted by Gasteiger charge is 2.37. The van der Waals surface area contributed by atoms with Gasteiger partial charge in [0.1, 0.15) is 46.7 Å². The molecule has 12 rings (SSSR count). The summed E-state index contributed by atoms with van der Waals surface area (Å²) in [4.78, 5) is 119. The lowest BCUT2D eigenvalue weighted by Gasteiger charge is -2.36. The molecule has 5 heterocycles. The molecule has 111 heavy (non-hydrogen) atoms. The van der Waals surface area contributed by atoms with Crippen LogP contribution in [0.2, 0.25) is 0 Å². The van der Waals surface area contributed by atoms with Gasteiger partial charge in [-0.25, -0.2) is 51.6 Å². The molecular weight excluding hydrogens is 1490 g/mol. The molecule has 5 aliphatic heterocycles. The lowest BCUT2D eigenvalue weighted by molar-refractivity contribution is -0.153. The van der Waals surface area contributed by atoms with E-state index in [-0.39, 0.29) is 112 Å². The highest BCUT2D eigenvalue weighted by molar-refractivity contribution is 7.80. The third-order valence-corrected chi connectivity index (χ3v) is 19.9. The fraction of sp³-hybridized carbons (Fsp3) is 0.397. The van der Waals surface area contributed by atoms with Crippen LogP contribution in [0.25, 0.3) is 11.1 Å². The van der Waals surface area contributed by atoms with Crippen LogP contribution in [0.4, 0.5) is 70.1 Å². The molecule has 33 heteroatoms. The number of nitrogens with one attached hydrogen (secondary N) is 7. The van der Waals surface area contributed by atoms with Gasteiger partial charge in [0, 0.05) is 106 Å². The Morgan fingerprint density at radius 1 is 0.550 bits per heavy atom. The Morgan fingerprint density at radius 2 is 0.982 bits per heavy atom. The van der Waals surface area contributed by atoms with Crippen LogP contribution < -0.4 is 57.3 Å². The molecule has 1 aliphatic carbocycles. The molecule has 0 radical (unpaired) electrons. The third-order valence-electron chi connectivity index (χ3n) is 19.3. The summed E-state index contributed by atoms with van der Waals surface area (Å²) in [5, 5.41) is 8.02. The van der Waals surface area contributed by atoms with Gasteiger partial charge in [-0.05, 0) is 146 Å². The molecule has 25 nitrogen and oxygen atoms in total. The summed E-state index contributed by atoms with van der Waals surface area (Å²) in [6.45, 7) is 5.38. The molecule has 5 saturated heterocycles. The SMILES string of the molecule is C1CCNCC1.O=C(CNNc1ccc(C(=O)CCCC(=O)N2CCN(c3ccc(N4C[C@H](CNC(=S)C(F)F)OC4=O)cc3F)CC2)cc1)C(=O)OCC1c2ccccc2-c2ccccc21.O=CCNNc1ccc(C(=O)CCCC(=O)N2CCN(c3ccc(N4C[C@H](CNC(=S)C(F)F)OC4=O)cc3F)CC2)cc1. The van der Waals surface area contributed by atoms with E-state index >= 15 is 8.78 Å². The molecule has 0 spiro atoms. The van der Waals surface area contributed by atoms with Crippen molar-refractivity contribution in [2.75, 3.05) is 142 Å². The number of thiocarbonyl (C=S) groups is 2. The summed E-state index contributed by atoms with van der Waals surface area (Å²) in [6, 6.07) is 38.0. The summed E-state index contributed by atoms with van der Waals surface area (Å²) in [7, 11) is 0. The topological polar surface area (TPSA) is 285 Å². The largest absolute Gasteiger partial charge is 0.459 e. The van der Waals surface area contributed by atoms with Crippen LogP contribution in [-0.2, 0) is 38.2 Å². The fourth-order valence-corrected chi connectivity index (χ4v) is 13.5. The molecule has 6 aromatic carbocycles. The number of hydrazine groups is 2. The normalized spacial score (nSPS) is 16.6. The van der Waals surface area contributed by atoms with Gasteiger partial charge in [0.15, 0.2) is 11.6 Å². The number of benzene rings is 6. The number of rotatable bonds is 31. The van der Waals surface area contributed by atoms with Gasteiger partial charge in [-0.1, -0.05) is 79.4 Å². The van der Waals surface area contributed by atoms with Gasteiger partial charge in [0.05, 0.1) is 62.0 Å². The van der Waals surface area contributed by atoms with Gasteiger partial charge in [-0.3, -0.25) is 33.8 Å². The Morgan fingerprint density at radius 3 is 1.38 bits per heavy atom. The molecule has 6 aliphatic rings. The van der Waals surface area contributed by atoms with E-state index < -0.39 is 70.6 Å². The molecule has 0 saturated carbocycles. The Balaban J connectivity index is 0.000000229. The molecule has 0 unspecified atom stereocenters. The number of piperazine rings is 2. The van der Waals surface area contributed by atoms with Crippen LogP contribution in [0.3, 0.4) is 0 Å². The first kappa shape index (κ1) is 82.9. The monoisotopic (exact) mass is 1580 g/mol. The van der Waals surface area contributed by atoms with Gasteiger partial charge in [-0.15, -0.1) is 0 Å². The fourth-order valence-electron chi connectivity index (χ4n) is 13.4. The number of hydrogen-bond donors (Lipinski definition) is 7. The number of ketones is 3. The van der Waals surface area contributed by atoms with E-state index in [1.165, 1.54) is 54.3 Å². The first-order valence-corrected chi connectivity index (χ1v) is 37.4. The minimum atomic E-state index is -2.83. The summed E-state index contributed by atoms with van der Waals surface area (Å²) in [6.07, 6.45) is -2.06. The van der Waals surface area contributed by atoms with Crippen LogP contribution in [0.1, 0.15) is 95.5 Å². The van der Waals surface area contributed by atoms with E-state index in [9.17, 15) is 60.7 Å². The number of ether oxygens (including phenoxy) is 3. The first-order chi connectivity index (χ1) is 53.6. The predicted molar refractivity (Wildman–Crippen MR) is 414 cm³/mol. The molecule has 6 aromatic rings. The smallest absolute Gasteiger partial charge is 0.414 e. The molecule has 4 amide bonds. The minimum Gasteiger partial charge on any atom is -0.459 e. The first-order valence-electron chi connectivity index (χ1n) is 36.6. The Hall–Kier alpha value is -10.6. The standard InChI is InChI=1S/C44H43F3N6O7S.C29H33F3N6O5S.C5H11N/c45-36-22-29(53-25-30(60-44(53)58)23-48-42(61)41(46)47)16-17-37(36)51-18-20-52(21-19-51)40(56)11-5-10-38(54)27-12-14-28(15-13-27)50-49-24-39(55)43(57)59-26-35-33-8-3-1-6-31(33)32-7-2-4-9-34(32)35;30-23-16-21(38-18-22(43-29(38)42)17-33-28(44)27(31)32)8-9-24(23)36-11-13-37(14-12-36)26(41)3-1-2-25(40)19-4-6-20(7-5-19)35-34-10-15-39;1-2-4-6-5-3-1/h1-4,6-9,12-17,22,30,35,41,49-50H,5,10-11,18-21,23-26H2,(H,48,61);4-9,15-16,22,27,34-35H,1-3,10-14,17-18H2,(H,33,44);6H,1-5H2/t30-;22-;/m00./s1. The number of cyclic esters (lactones) is 2. The Kier molecular flexibility index (Phi) is 30.5. The van der Waals surface area contributed by atoms with Crippen molar-refractivity contribution in [1.82, 2.24) is 36.6 Å². The number of hydrogen-bond acceptors (Lipinski definition) is 21. The van der Waals surface area contributed by atoms with Crippen molar-refractivity contribution in [3.63, 3.8) is 0 Å². The minimum absolute atomic E-state index is 0.0327. The van der Waals surface area contributed by atoms with E-state index in [1.807, 2.05) is 58.3 Å². The number of amides is 4. The van der Waals surface area contributed by atoms with E-state index in [0.29, 0.717) is 99.1 Å². The number of Topliss-reactive ketones (excluding diaryl/α,β-unsaturated/α-hetero) is 3. The highest BCUT2D eigenvalue weighted by atomic mass is 32.1. The van der Waals surface area contributed by atoms with Gasteiger partial charge in [-0.2, -0.15) is 0 Å². The second-order valence-corrected chi connectivity index (χ2v) is 27.6. The van der Waals surface area contributed by atoms with Crippen molar-refractivity contribution in [2.45, 2.75) is 88.8 Å². The average molecular weight is 1580 g/mol. The van der Waals surface area contributed by atoms with Crippen LogP contribution in [-0.4, -0.2) is 210 Å². The third kappa shape index (κ3) is 23.2. The zero-order valence-corrected chi connectivity index (χ0v) is 62.4. The number of aldehydes is 1. The second-order valence-electron chi connectivity index (χ2n) is 26.8. The summed E-state index contributed by atoms with van der Waals surface area (Å²) >= 11 is 9.07. The van der Waals surface area contributed by atoms with Crippen molar-refractivity contribution in [1.29, 1.82) is 0 Å². The van der Waals surface area contributed by atoms with Crippen molar-refractivity contribution in [3.05, 3.63) is 167 Å². The lowest BCUT2D eigenvalue weighted by Crippen LogP contribution is -2.49. The van der Waals surface area contributed by atoms with Gasteiger partial charge < -0.3 is 65.4 Å². The van der Waals surface area contributed by atoms with Crippen molar-refractivity contribution >= 4 is 122 Å². The average Bonchev–Trinajstić information content (AvgIpc) is 1.61. The highest BCUT2D eigenvalue weighted by Crippen LogP contribution is 2.45. The van der Waals surface area contributed by atoms with Gasteiger partial charge >= 0.3 is 18.2 Å². The number of nitrogens with zero attached hydrogens (tertiary/aromatic N) is 6. The number of carbonyl (C=O) groups is 9. The quantitative estimate of drug-likeness (QED) is 0.00245. The second kappa shape index (κ2) is 40.9. The van der Waals surface area contributed by atoms with Crippen molar-refractivity contribution in [3.8, 4) is 11.1 Å². The summed E-state index contributed by atoms with van der Waals surface area (Å²) in [5.41, 5.74) is 18.9. The molecule has 2 atom stereocenters. The maximum absolute atomic E-state index is 15.3. The van der Waals surface area contributed by atoms with Crippen molar-refractivity contribution in [2.24, 2.45) is 0 Å². The summed E-state index contributed by atoms with van der Waals surface area (Å²) < 4.78 is 96.7. The van der Waals surface area contributed by atoms with E-state index in [1.54, 1.807) is 82.6 Å². The number of alkyl halides is 4. The number of halogens is 6. The Labute approximate surface area is 648 Å².